The van der Waals surface area contributed by atoms with Crippen LogP contribution >= 0.6 is 0 Å². The average Bonchev–Trinajstić information content (AvgIpc) is 2.56. The van der Waals surface area contributed by atoms with Crippen molar-refractivity contribution in [2.45, 2.75) is 0 Å². The first-order valence-corrected chi connectivity index (χ1v) is 6.20. The number of rotatable bonds is 2. The molecule has 0 saturated carbocycles. The molecule has 0 atom stereocenters. The maximum atomic E-state index is 11.6. The van der Waals surface area contributed by atoms with Crippen molar-refractivity contribution in [1.82, 2.24) is 0 Å². The molecule has 24 heavy (non-hydrogen) atoms. The second kappa shape index (κ2) is 11.3. The zero-order valence-electron chi connectivity index (χ0n) is 13.2. The van der Waals surface area contributed by atoms with E-state index < -0.39 is 23.9 Å². The summed E-state index contributed by atoms with van der Waals surface area (Å²) in [5, 5.41) is 0. The maximum Gasteiger partial charge on any atom is 1.00 e. The quantitative estimate of drug-likeness (QED) is 0.237. The van der Waals surface area contributed by atoms with Gasteiger partial charge in [-0.15, -0.1) is 0 Å². The zero-order valence-corrected chi connectivity index (χ0v) is 17.2. The summed E-state index contributed by atoms with van der Waals surface area (Å²) >= 11 is 0. The molecule has 2 rings (SSSR count). The number of carbonyl (C=O) groups excluding carboxylic acids is 4. The van der Waals surface area contributed by atoms with Gasteiger partial charge in [-0.05, 0) is 24.3 Å². The molecule has 0 bridgehead atoms. The third kappa shape index (κ3) is 6.68. The van der Waals surface area contributed by atoms with Gasteiger partial charge in [0.25, 0.3) is 0 Å². The molecule has 110 valence electrons. The van der Waals surface area contributed by atoms with E-state index in [0.717, 1.165) is 0 Å². The van der Waals surface area contributed by atoms with Crippen molar-refractivity contribution in [3.05, 3.63) is 71.8 Å². The van der Waals surface area contributed by atoms with E-state index in [2.05, 4.69) is 9.47 Å². The Morgan fingerprint density at radius 2 is 0.833 bits per heavy atom. The number of carbonyl (C=O) groups is 4. The predicted octanol–water partition coefficient (Wildman–Crippen LogP) is -4.24. The monoisotopic (exact) mass is 344 g/mol. The van der Waals surface area contributed by atoms with E-state index in [0.29, 0.717) is 0 Å². The van der Waals surface area contributed by atoms with Crippen LogP contribution in [0.25, 0.3) is 0 Å². The Morgan fingerprint density at radius 1 is 0.542 bits per heavy atom. The van der Waals surface area contributed by atoms with Crippen LogP contribution in [0.2, 0.25) is 0 Å². The van der Waals surface area contributed by atoms with Gasteiger partial charge in [0, 0.05) is 0 Å². The number of ether oxygens (including phenoxy) is 2. The Hall–Kier alpha value is -1.28. The van der Waals surface area contributed by atoms with Gasteiger partial charge in [0.15, 0.2) is 0 Å². The first-order chi connectivity index (χ1) is 10.6. The fourth-order valence-electron chi connectivity index (χ4n) is 1.52. The normalized spacial score (nSPS) is 8.83. The molecule has 2 aromatic rings. The summed E-state index contributed by atoms with van der Waals surface area (Å²) in [6.45, 7) is 0. The smallest absolute Gasteiger partial charge is 0.381 e. The summed E-state index contributed by atoms with van der Waals surface area (Å²) in [7, 11) is 0. The first kappa shape index (κ1) is 22.7. The van der Waals surface area contributed by atoms with Crippen molar-refractivity contribution >= 4 is 23.9 Å². The summed E-state index contributed by atoms with van der Waals surface area (Å²) in [6.07, 6.45) is 0. The molecule has 2 aromatic carbocycles. The molecule has 0 N–H and O–H groups in total. The predicted molar refractivity (Wildman–Crippen MR) is 73.7 cm³/mol. The molecular formula is C16H10Na2O6+2. The minimum Gasteiger partial charge on any atom is -0.381 e. The van der Waals surface area contributed by atoms with Crippen LogP contribution < -0.4 is 59.1 Å². The van der Waals surface area contributed by atoms with E-state index in [4.69, 9.17) is 0 Å². The van der Waals surface area contributed by atoms with E-state index in [1.54, 1.807) is 36.4 Å². The third-order valence-corrected chi connectivity index (χ3v) is 2.56. The molecule has 0 aliphatic heterocycles. The second-order valence-corrected chi connectivity index (χ2v) is 4.09. The van der Waals surface area contributed by atoms with Gasteiger partial charge in [-0.2, -0.15) is 0 Å². The van der Waals surface area contributed by atoms with Crippen LogP contribution in [0, 0.1) is 0 Å². The van der Waals surface area contributed by atoms with Crippen molar-refractivity contribution in [2.24, 2.45) is 0 Å². The second-order valence-electron chi connectivity index (χ2n) is 4.09. The van der Waals surface area contributed by atoms with Gasteiger partial charge in [-0.3, -0.25) is 0 Å². The Labute approximate surface area is 182 Å². The van der Waals surface area contributed by atoms with E-state index in [1.165, 1.54) is 24.3 Å². The minimum absolute atomic E-state index is 0. The van der Waals surface area contributed by atoms with Crippen molar-refractivity contribution in [2.75, 3.05) is 0 Å². The van der Waals surface area contributed by atoms with E-state index in [-0.39, 0.29) is 70.2 Å². The van der Waals surface area contributed by atoms with Crippen LogP contribution in [0.4, 0.5) is 0 Å². The van der Waals surface area contributed by atoms with Crippen LogP contribution in [0.3, 0.4) is 0 Å². The summed E-state index contributed by atoms with van der Waals surface area (Å²) in [5.74, 6) is -5.12. The number of hydrogen-bond acceptors (Lipinski definition) is 6. The molecular weight excluding hydrogens is 334 g/mol. The molecule has 0 aliphatic rings. The fourth-order valence-corrected chi connectivity index (χ4v) is 1.52. The molecule has 0 fully saturated rings. The molecule has 0 heterocycles. The molecule has 0 radical (unpaired) electrons. The van der Waals surface area contributed by atoms with E-state index in [9.17, 15) is 19.2 Å². The van der Waals surface area contributed by atoms with Gasteiger partial charge in [0.05, 0.1) is 11.1 Å². The first-order valence-electron chi connectivity index (χ1n) is 6.20. The van der Waals surface area contributed by atoms with Crippen LogP contribution in [0.1, 0.15) is 20.7 Å². The molecule has 0 aromatic heterocycles. The molecule has 6 nitrogen and oxygen atoms in total. The zero-order chi connectivity index (χ0) is 15.9. The van der Waals surface area contributed by atoms with Crippen molar-refractivity contribution in [1.29, 1.82) is 0 Å². The Bertz CT molecular complexity index is 652. The van der Waals surface area contributed by atoms with E-state index in [1.807, 2.05) is 0 Å². The number of esters is 4. The molecule has 0 amide bonds. The number of benzene rings is 2. The molecule has 0 aliphatic carbocycles. The van der Waals surface area contributed by atoms with Crippen molar-refractivity contribution in [3.63, 3.8) is 0 Å². The Kier molecular flexibility index (Phi) is 10.7. The molecule has 8 heteroatoms. The summed E-state index contributed by atoms with van der Waals surface area (Å²) in [6, 6.07) is 15.3. The average molecular weight is 344 g/mol. The standard InChI is InChI=1S/C16H10O6.2Na/c17-13(11-7-3-1-4-8-11)21-15(19)16(20)22-14(18)12-9-5-2-6-10-12;;/h1-10H;;/q;2*+1. The van der Waals surface area contributed by atoms with Crippen LogP contribution in [-0.4, -0.2) is 23.9 Å². The topological polar surface area (TPSA) is 86.7 Å². The molecule has 0 saturated heterocycles. The maximum absolute atomic E-state index is 11.6. The number of hydrogen-bond donors (Lipinski definition) is 0. The summed E-state index contributed by atoms with van der Waals surface area (Å²) in [5.41, 5.74) is 0.191. The summed E-state index contributed by atoms with van der Waals surface area (Å²) < 4.78 is 8.66. The van der Waals surface area contributed by atoms with Gasteiger partial charge in [-0.25, -0.2) is 19.2 Å². The van der Waals surface area contributed by atoms with E-state index >= 15 is 0 Å². The van der Waals surface area contributed by atoms with Gasteiger partial charge in [-0.1, -0.05) is 36.4 Å². The van der Waals surface area contributed by atoms with Gasteiger partial charge in [0.2, 0.25) is 0 Å². The van der Waals surface area contributed by atoms with Gasteiger partial charge < -0.3 is 9.47 Å². The minimum atomic E-state index is -1.56. The van der Waals surface area contributed by atoms with Crippen LogP contribution in [-0.2, 0) is 19.1 Å². The summed E-state index contributed by atoms with van der Waals surface area (Å²) in [4.78, 5) is 46.0. The largest absolute Gasteiger partial charge is 1.00 e. The SMILES string of the molecule is O=C(OC(=O)c1ccccc1)C(=O)OC(=O)c1ccccc1.[Na+].[Na+]. The third-order valence-electron chi connectivity index (χ3n) is 2.56. The van der Waals surface area contributed by atoms with Crippen molar-refractivity contribution in [3.8, 4) is 0 Å². The van der Waals surface area contributed by atoms with Crippen molar-refractivity contribution < 1.29 is 87.8 Å². The van der Waals surface area contributed by atoms with Crippen LogP contribution in [0.15, 0.2) is 60.7 Å². The molecule has 0 spiro atoms. The fraction of sp³-hybridized carbons (Fsp3) is 0. The van der Waals surface area contributed by atoms with Gasteiger partial charge in [0.1, 0.15) is 0 Å². The van der Waals surface area contributed by atoms with Crippen LogP contribution in [0.5, 0.6) is 0 Å². The molecule has 0 unspecified atom stereocenters. The Morgan fingerprint density at radius 3 is 1.12 bits per heavy atom. The Balaban J connectivity index is 0.00000264. The van der Waals surface area contributed by atoms with Gasteiger partial charge >= 0.3 is 83.0 Å².